The minimum absolute atomic E-state index is 0.00646. The number of H-pyrrole nitrogens is 1. The summed E-state index contributed by atoms with van der Waals surface area (Å²) in [5.41, 5.74) is 1.35. The summed E-state index contributed by atoms with van der Waals surface area (Å²) in [6, 6.07) is 7.33. The number of carbonyl (C=O) groups excluding carboxylic acids is 2. The Kier molecular flexibility index (Phi) is 8.01. The van der Waals surface area contributed by atoms with E-state index in [9.17, 15) is 9.59 Å². The van der Waals surface area contributed by atoms with Crippen molar-refractivity contribution in [3.63, 3.8) is 0 Å². The third-order valence-electron chi connectivity index (χ3n) is 4.95. The van der Waals surface area contributed by atoms with Crippen LogP contribution in [0.4, 0.5) is 4.79 Å². The molecule has 10 heteroatoms. The number of nitrogens with one attached hydrogen (secondary N) is 2. The Morgan fingerprint density at radius 1 is 1.21 bits per heavy atom. The molecule has 0 saturated heterocycles. The number of benzene rings is 1. The van der Waals surface area contributed by atoms with Gasteiger partial charge in [-0.2, -0.15) is 0 Å². The van der Waals surface area contributed by atoms with Gasteiger partial charge in [0.25, 0.3) is 5.22 Å². The third-order valence-corrected chi connectivity index (χ3v) is 5.75. The molecule has 0 aliphatic rings. The average molecular weight is 474 g/mol. The first-order chi connectivity index (χ1) is 15.7. The highest BCUT2D eigenvalue weighted by molar-refractivity contribution is 7.99. The van der Waals surface area contributed by atoms with Crippen LogP contribution >= 0.6 is 11.8 Å². The van der Waals surface area contributed by atoms with Crippen molar-refractivity contribution in [2.24, 2.45) is 0 Å². The molecular weight excluding hydrogens is 442 g/mol. The standard InChI is InChI=1S/C23H31N5O4S/c1-6-28(7-2)19(29)14-33-22-27-26-20(31-22)18(25-21(30)32-23(3,4)5)12-15-13-24-17-11-9-8-10-16(15)17/h8-11,13,18,24H,6-7,12,14H2,1-5H3,(H,25,30)/t18-/m1/s1. The molecule has 178 valence electrons. The number of carbonyl (C=O) groups is 2. The number of hydrogen-bond acceptors (Lipinski definition) is 7. The van der Waals surface area contributed by atoms with Gasteiger partial charge in [0.15, 0.2) is 0 Å². The normalized spacial score (nSPS) is 12.5. The number of amides is 2. The van der Waals surface area contributed by atoms with Gasteiger partial charge >= 0.3 is 6.09 Å². The minimum atomic E-state index is -0.643. The number of aromatic amines is 1. The summed E-state index contributed by atoms with van der Waals surface area (Å²) in [5.74, 6) is 0.464. The van der Waals surface area contributed by atoms with Crippen molar-refractivity contribution in [3.8, 4) is 0 Å². The second-order valence-electron chi connectivity index (χ2n) is 8.52. The number of fused-ring (bicyclic) bond motifs is 1. The largest absolute Gasteiger partial charge is 0.444 e. The fourth-order valence-electron chi connectivity index (χ4n) is 3.38. The summed E-state index contributed by atoms with van der Waals surface area (Å²) in [4.78, 5) is 29.8. The Balaban J connectivity index is 1.77. The molecule has 9 nitrogen and oxygen atoms in total. The number of nitrogens with zero attached hydrogens (tertiary/aromatic N) is 3. The molecule has 2 amide bonds. The number of thioether (sulfide) groups is 1. The Hall–Kier alpha value is -3.01. The van der Waals surface area contributed by atoms with Crippen LogP contribution in [-0.2, 0) is 16.0 Å². The van der Waals surface area contributed by atoms with Crippen LogP contribution in [0.25, 0.3) is 10.9 Å². The molecule has 0 saturated carbocycles. The smallest absolute Gasteiger partial charge is 0.408 e. The van der Waals surface area contributed by atoms with E-state index in [1.54, 1.807) is 25.7 Å². The molecule has 3 aromatic rings. The predicted octanol–water partition coefficient (Wildman–Crippen LogP) is 4.32. The molecular formula is C23H31N5O4S. The van der Waals surface area contributed by atoms with E-state index >= 15 is 0 Å². The van der Waals surface area contributed by atoms with Crippen LogP contribution in [0.15, 0.2) is 40.1 Å². The van der Waals surface area contributed by atoms with E-state index < -0.39 is 17.7 Å². The molecule has 3 rings (SSSR count). The molecule has 1 aromatic carbocycles. The van der Waals surface area contributed by atoms with Gasteiger partial charge in [-0.15, -0.1) is 10.2 Å². The molecule has 0 aliphatic heterocycles. The number of rotatable bonds is 9. The highest BCUT2D eigenvalue weighted by atomic mass is 32.2. The van der Waals surface area contributed by atoms with Gasteiger partial charge in [-0.25, -0.2) is 4.79 Å². The lowest BCUT2D eigenvalue weighted by atomic mass is 10.1. The Morgan fingerprint density at radius 3 is 2.64 bits per heavy atom. The summed E-state index contributed by atoms with van der Waals surface area (Å²) < 4.78 is 11.3. The number of para-hydroxylation sites is 1. The number of hydrogen-bond donors (Lipinski definition) is 2. The first kappa shape index (κ1) is 24.6. The van der Waals surface area contributed by atoms with Gasteiger partial charge in [-0.05, 0) is 46.2 Å². The maximum absolute atomic E-state index is 12.5. The van der Waals surface area contributed by atoms with E-state index in [1.807, 2.05) is 44.3 Å². The van der Waals surface area contributed by atoms with E-state index in [-0.39, 0.29) is 22.8 Å². The maximum Gasteiger partial charge on any atom is 0.408 e. The molecule has 0 bridgehead atoms. The molecule has 1 atom stereocenters. The SMILES string of the molecule is CCN(CC)C(=O)CSc1nnc([C@@H](Cc2c[nH]c3ccccc23)NC(=O)OC(C)(C)C)o1. The highest BCUT2D eigenvalue weighted by Gasteiger charge is 2.26. The number of aromatic nitrogens is 3. The van der Waals surface area contributed by atoms with E-state index in [0.717, 1.165) is 16.5 Å². The summed E-state index contributed by atoms with van der Waals surface area (Å²) in [6.07, 6.45) is 1.76. The molecule has 2 heterocycles. The van der Waals surface area contributed by atoms with Crippen molar-refractivity contribution in [3.05, 3.63) is 41.9 Å². The lowest BCUT2D eigenvalue weighted by Crippen LogP contribution is -2.36. The monoisotopic (exact) mass is 473 g/mol. The highest BCUT2D eigenvalue weighted by Crippen LogP contribution is 2.26. The zero-order valence-corrected chi connectivity index (χ0v) is 20.5. The fourth-order valence-corrected chi connectivity index (χ4v) is 4.05. The van der Waals surface area contributed by atoms with Crippen molar-refractivity contribution < 1.29 is 18.7 Å². The van der Waals surface area contributed by atoms with Crippen LogP contribution in [-0.4, -0.2) is 56.5 Å². The van der Waals surface area contributed by atoms with Crippen molar-refractivity contribution in [2.45, 2.75) is 57.9 Å². The molecule has 2 aromatic heterocycles. The first-order valence-electron chi connectivity index (χ1n) is 11.0. The summed E-state index contributed by atoms with van der Waals surface area (Å²) in [6.45, 7) is 10.6. The fraction of sp³-hybridized carbons (Fsp3) is 0.478. The summed E-state index contributed by atoms with van der Waals surface area (Å²) in [5, 5.41) is 12.4. The first-order valence-corrected chi connectivity index (χ1v) is 12.0. The van der Waals surface area contributed by atoms with E-state index in [4.69, 9.17) is 9.15 Å². The maximum atomic E-state index is 12.5. The second-order valence-corrected chi connectivity index (χ2v) is 9.45. The topological polar surface area (TPSA) is 113 Å². The van der Waals surface area contributed by atoms with E-state index in [2.05, 4.69) is 20.5 Å². The molecule has 0 aliphatic carbocycles. The number of alkyl carbamates (subject to hydrolysis) is 1. The van der Waals surface area contributed by atoms with Crippen LogP contribution in [0.2, 0.25) is 0 Å². The van der Waals surface area contributed by atoms with Crippen molar-refractivity contribution in [2.75, 3.05) is 18.8 Å². The molecule has 0 radical (unpaired) electrons. The van der Waals surface area contributed by atoms with Crippen LogP contribution < -0.4 is 5.32 Å². The Bertz CT molecular complexity index is 1080. The summed E-state index contributed by atoms with van der Waals surface area (Å²) in [7, 11) is 0. The number of ether oxygens (including phenoxy) is 1. The van der Waals surface area contributed by atoms with Gasteiger partial charge in [-0.3, -0.25) is 4.79 Å². The van der Waals surface area contributed by atoms with Crippen LogP contribution in [0.3, 0.4) is 0 Å². The Morgan fingerprint density at radius 2 is 1.94 bits per heavy atom. The van der Waals surface area contributed by atoms with Crippen molar-refractivity contribution >= 4 is 34.7 Å². The average Bonchev–Trinajstić information content (AvgIpc) is 3.39. The summed E-state index contributed by atoms with van der Waals surface area (Å²) >= 11 is 1.18. The third kappa shape index (κ3) is 6.74. The lowest BCUT2D eigenvalue weighted by molar-refractivity contribution is -0.127. The molecule has 0 spiro atoms. The van der Waals surface area contributed by atoms with Gasteiger partial charge in [0.2, 0.25) is 11.8 Å². The van der Waals surface area contributed by atoms with Crippen molar-refractivity contribution in [1.82, 2.24) is 25.4 Å². The lowest BCUT2D eigenvalue weighted by Gasteiger charge is -2.22. The van der Waals surface area contributed by atoms with E-state index in [0.29, 0.717) is 19.5 Å². The quantitative estimate of drug-likeness (QED) is 0.445. The van der Waals surface area contributed by atoms with Crippen molar-refractivity contribution in [1.29, 1.82) is 0 Å². The van der Waals surface area contributed by atoms with Gasteiger partial charge in [-0.1, -0.05) is 30.0 Å². The molecule has 0 fully saturated rings. The van der Waals surface area contributed by atoms with Crippen LogP contribution in [0.1, 0.15) is 52.1 Å². The second kappa shape index (κ2) is 10.7. The molecule has 0 unspecified atom stereocenters. The molecule has 33 heavy (non-hydrogen) atoms. The molecule has 2 N–H and O–H groups in total. The zero-order valence-electron chi connectivity index (χ0n) is 19.7. The zero-order chi connectivity index (χ0) is 24.0. The van der Waals surface area contributed by atoms with Crippen LogP contribution in [0.5, 0.6) is 0 Å². The minimum Gasteiger partial charge on any atom is -0.444 e. The van der Waals surface area contributed by atoms with Gasteiger partial charge in [0, 0.05) is 36.6 Å². The predicted molar refractivity (Wildman–Crippen MR) is 127 cm³/mol. The van der Waals surface area contributed by atoms with Gasteiger partial charge < -0.3 is 24.4 Å². The van der Waals surface area contributed by atoms with Crippen LogP contribution in [0, 0.1) is 0 Å². The van der Waals surface area contributed by atoms with Gasteiger partial charge in [0.05, 0.1) is 5.75 Å². The Labute approximate surface area is 197 Å². The van der Waals surface area contributed by atoms with Gasteiger partial charge in [0.1, 0.15) is 11.6 Å². The van der Waals surface area contributed by atoms with E-state index in [1.165, 1.54) is 11.8 Å².